The van der Waals surface area contributed by atoms with Crippen molar-refractivity contribution in [3.05, 3.63) is 418 Å². The molecule has 9 nitrogen and oxygen atoms in total. The topological polar surface area (TPSA) is 92.6 Å². The maximum Gasteiger partial charge on any atom is 0.235 e. The third kappa shape index (κ3) is 11.2. The first-order valence-electron chi connectivity index (χ1n) is 44.1. The van der Waals surface area contributed by atoms with Gasteiger partial charge in [0, 0.05) is 118 Å². The molecule has 0 spiro atoms. The number of hydrogen-bond donors (Lipinski definition) is 0. The van der Waals surface area contributed by atoms with Crippen molar-refractivity contribution in [3.8, 4) is 73.6 Å². The fraction of sp³-hybridized carbons (Fsp3) is 0.0252. The molecule has 29 rings (SSSR count). The van der Waals surface area contributed by atoms with Crippen LogP contribution in [0.4, 0.5) is 0 Å². The van der Waals surface area contributed by atoms with Crippen molar-refractivity contribution in [1.29, 1.82) is 0 Å². The summed E-state index contributed by atoms with van der Waals surface area (Å²) in [7, 11) is 0. The average Bonchev–Trinajstić information content (AvgIpc) is 1.52. The van der Waals surface area contributed by atoms with Gasteiger partial charge in [-0.05, 0) is 151 Å². The minimum absolute atomic E-state index is 0.167. The Kier molecular flexibility index (Phi) is 16.4. The molecule has 130 heavy (non-hydrogen) atoms. The van der Waals surface area contributed by atoms with E-state index in [1.165, 1.54) is 129 Å². The van der Waals surface area contributed by atoms with E-state index < -0.39 is 0 Å². The van der Waals surface area contributed by atoms with Crippen LogP contribution in [0.3, 0.4) is 0 Å². The third-order valence-corrected chi connectivity index (χ3v) is 29.2. The van der Waals surface area contributed by atoms with Crippen LogP contribution < -0.4 is 0 Å². The van der Waals surface area contributed by atoms with Gasteiger partial charge >= 0.3 is 0 Å². The van der Waals surface area contributed by atoms with Crippen LogP contribution in [0.2, 0.25) is 0 Å². The SMILES string of the molecule is CC1(C)c2ccccc2-c2c1c1c3ccccc3n(-c3cc(-c4ccccc4)nc(-c4ccccc4)n3)c1c1ccccc21.c1cc(-c2ccc3oc4ccccc4c3c2)cc(-n2c3ccccc3c3c4c(ccc32)sc2ccc3ccccc3c24)c1.c1ccc(-c2nc(-n3c4ccc5ccccc5c4c4c5oc6ccccc6c5ccc43)nc3c2sc2ccccc23)cc1. The van der Waals surface area contributed by atoms with Gasteiger partial charge in [-0.1, -0.05) is 323 Å². The van der Waals surface area contributed by atoms with Crippen LogP contribution in [0.1, 0.15) is 25.0 Å². The molecule has 0 fully saturated rings. The number of thiophene rings is 2. The molecule has 19 aromatic carbocycles. The van der Waals surface area contributed by atoms with Gasteiger partial charge in [0.05, 0.1) is 60.1 Å². The molecule has 0 amide bonds. The molecule has 0 saturated carbocycles. The van der Waals surface area contributed by atoms with Crippen LogP contribution in [-0.2, 0) is 5.41 Å². The van der Waals surface area contributed by atoms with E-state index in [0.717, 1.165) is 126 Å². The fourth-order valence-corrected chi connectivity index (χ4v) is 23.6. The van der Waals surface area contributed by atoms with Crippen LogP contribution >= 0.6 is 22.7 Å². The monoisotopic (exact) mass is 1700 g/mol. The molecule has 9 heterocycles. The van der Waals surface area contributed by atoms with Crippen LogP contribution in [0.25, 0.3) is 256 Å². The minimum Gasteiger partial charge on any atom is -0.456 e. The Balaban J connectivity index is 0.000000100. The summed E-state index contributed by atoms with van der Waals surface area (Å²) in [5, 5.41) is 23.3. The summed E-state index contributed by atoms with van der Waals surface area (Å²) in [5.74, 6) is 2.23. The third-order valence-electron chi connectivity index (χ3n) is 27.0. The number of nitrogens with zero attached hydrogens (tertiary/aromatic N) is 7. The smallest absolute Gasteiger partial charge is 0.235 e. The van der Waals surface area contributed by atoms with E-state index >= 15 is 0 Å². The highest BCUT2D eigenvalue weighted by molar-refractivity contribution is 7.26. The van der Waals surface area contributed by atoms with Crippen LogP contribution in [-0.4, -0.2) is 33.6 Å². The highest BCUT2D eigenvalue weighted by Crippen LogP contribution is 2.57. The Hall–Kier alpha value is -16.4. The molecule has 0 saturated heterocycles. The Morgan fingerprint density at radius 2 is 0.831 bits per heavy atom. The zero-order valence-corrected chi connectivity index (χ0v) is 72.1. The van der Waals surface area contributed by atoms with E-state index in [0.29, 0.717) is 11.8 Å². The van der Waals surface area contributed by atoms with Gasteiger partial charge in [0.15, 0.2) is 5.82 Å². The number of furan rings is 2. The van der Waals surface area contributed by atoms with Crippen molar-refractivity contribution in [2.75, 3.05) is 0 Å². The van der Waals surface area contributed by atoms with Gasteiger partial charge in [-0.25, -0.2) is 19.9 Å². The highest BCUT2D eigenvalue weighted by atomic mass is 32.1. The number of aromatic nitrogens is 7. The van der Waals surface area contributed by atoms with Gasteiger partial charge in [0.25, 0.3) is 0 Å². The van der Waals surface area contributed by atoms with E-state index in [1.54, 1.807) is 11.3 Å². The van der Waals surface area contributed by atoms with Gasteiger partial charge in [-0.2, -0.15) is 0 Å². The molecule has 11 heteroatoms. The zero-order chi connectivity index (χ0) is 85.6. The van der Waals surface area contributed by atoms with Crippen molar-refractivity contribution >= 4 is 205 Å². The fourth-order valence-electron chi connectivity index (χ4n) is 21.3. The Morgan fingerprint density at radius 3 is 1.60 bits per heavy atom. The van der Waals surface area contributed by atoms with E-state index in [9.17, 15) is 0 Å². The molecule has 0 radical (unpaired) electrons. The molecular weight excluding hydrogens is 1620 g/mol. The molecule has 0 N–H and O–H groups in total. The second kappa shape index (κ2) is 28.8. The summed E-state index contributed by atoms with van der Waals surface area (Å²) in [6, 6.07) is 145. The maximum absolute atomic E-state index is 6.63. The summed E-state index contributed by atoms with van der Waals surface area (Å²) in [4.78, 5) is 21.1. The van der Waals surface area contributed by atoms with Crippen molar-refractivity contribution in [2.24, 2.45) is 0 Å². The van der Waals surface area contributed by atoms with E-state index in [1.807, 2.05) is 65.9 Å². The van der Waals surface area contributed by atoms with Crippen molar-refractivity contribution in [1.82, 2.24) is 33.6 Å². The molecule has 1 aliphatic rings. The number of benzene rings is 19. The van der Waals surface area contributed by atoms with Crippen molar-refractivity contribution in [3.63, 3.8) is 0 Å². The quantitative estimate of drug-likeness (QED) is 0.158. The Labute approximate surface area is 752 Å². The second-order valence-electron chi connectivity index (χ2n) is 34.5. The summed E-state index contributed by atoms with van der Waals surface area (Å²) < 4.78 is 24.7. The maximum atomic E-state index is 6.63. The highest BCUT2D eigenvalue weighted by Gasteiger charge is 2.40. The first-order chi connectivity index (χ1) is 64.3. The number of rotatable bonds is 7. The van der Waals surface area contributed by atoms with Gasteiger partial charge in [-0.3, -0.25) is 9.13 Å². The summed E-state index contributed by atoms with van der Waals surface area (Å²) in [5.41, 5.74) is 25.3. The molecular formula is C119H73N7O2S2. The molecule has 0 bridgehead atoms. The number of fused-ring (bicyclic) bond motifs is 34. The first kappa shape index (κ1) is 73.9. The molecule has 0 atom stereocenters. The second-order valence-corrected chi connectivity index (χ2v) is 36.6. The predicted octanol–water partition coefficient (Wildman–Crippen LogP) is 32.9. The molecule has 0 unspecified atom stereocenters. The lowest BCUT2D eigenvalue weighted by molar-refractivity contribution is 0.667. The zero-order valence-electron chi connectivity index (χ0n) is 70.4. The first-order valence-corrected chi connectivity index (χ1v) is 45.8. The van der Waals surface area contributed by atoms with Crippen LogP contribution in [0.15, 0.2) is 415 Å². The standard InChI is InChI=1S/C41H29N3.C40H23NOS.C38H21N3OS/c1-41(2)32-23-13-11-21-30(32)36-28-19-9-10-20-29(28)39-37(38(36)41)31-22-12-14-24-34(31)44(39)35-25-33(26-15-5-3-6-16-26)42-40(43-35)27-17-7-4-8-18-27;1-2-11-28-24(8-1)17-20-36-39(28)40-37(43-36)21-18-33-38(40)30-13-3-5-14-32(30)41(33)27-10-7-9-25(22-27)26-16-19-35-31(23-26)29-12-4-6-15-34(29)42-35;1-2-11-23(12-3-1)34-37-35(27-15-7-9-17-31(27)43-37)40-38(39-34)41-28-20-18-22-10-4-5-13-24(22)32(28)33-29(41)21-19-26-25-14-6-8-16-30(25)42-36(26)33/h3-25H,1-2H3;1-23H;1-21H. The lowest BCUT2D eigenvalue weighted by atomic mass is 9.79. The molecule has 28 aromatic rings. The van der Waals surface area contributed by atoms with Crippen LogP contribution in [0.5, 0.6) is 0 Å². The lowest BCUT2D eigenvalue weighted by Crippen LogP contribution is -2.15. The Morgan fingerprint density at radius 1 is 0.292 bits per heavy atom. The minimum atomic E-state index is -0.167. The predicted molar refractivity (Wildman–Crippen MR) is 546 cm³/mol. The average molecular weight is 1700 g/mol. The largest absolute Gasteiger partial charge is 0.456 e. The molecule has 9 aromatic heterocycles. The van der Waals surface area contributed by atoms with Gasteiger partial charge < -0.3 is 13.4 Å². The van der Waals surface area contributed by atoms with Crippen molar-refractivity contribution in [2.45, 2.75) is 19.3 Å². The molecule has 1 aliphatic carbocycles. The normalized spacial score (nSPS) is 12.6. The number of para-hydroxylation sites is 4. The van der Waals surface area contributed by atoms with E-state index in [4.69, 9.17) is 28.8 Å². The van der Waals surface area contributed by atoms with E-state index in [2.05, 4.69) is 379 Å². The van der Waals surface area contributed by atoms with Gasteiger partial charge in [0.2, 0.25) is 5.95 Å². The summed E-state index contributed by atoms with van der Waals surface area (Å²) in [6.07, 6.45) is 0. The van der Waals surface area contributed by atoms with Crippen molar-refractivity contribution < 1.29 is 8.83 Å². The molecule has 0 aliphatic heterocycles. The molecule has 608 valence electrons. The summed E-state index contributed by atoms with van der Waals surface area (Å²) >= 11 is 3.64. The van der Waals surface area contributed by atoms with Gasteiger partial charge in [0.1, 0.15) is 28.1 Å². The summed E-state index contributed by atoms with van der Waals surface area (Å²) in [6.45, 7) is 4.76. The van der Waals surface area contributed by atoms with Crippen LogP contribution in [0, 0.1) is 0 Å². The van der Waals surface area contributed by atoms with Gasteiger partial charge in [-0.15, -0.1) is 22.7 Å². The lowest BCUT2D eigenvalue weighted by Gasteiger charge is -2.23. The Bertz CT molecular complexity index is 9570. The number of hydrogen-bond acceptors (Lipinski definition) is 8. The van der Waals surface area contributed by atoms with E-state index in [-0.39, 0.29) is 5.41 Å².